The molecule has 0 spiro atoms. The Kier molecular flexibility index (Phi) is 10.6. The monoisotopic (exact) mass is 399 g/mol. The number of guanidine groups is 1. The zero-order valence-electron chi connectivity index (χ0n) is 16.5. The van der Waals surface area contributed by atoms with Crippen molar-refractivity contribution >= 4 is 5.96 Å². The predicted octanol–water partition coefficient (Wildman–Crippen LogP) is 2.97. The molecule has 1 aromatic carbocycles. The largest absolute Gasteiger partial charge is 0.488 e. The first-order valence-electron chi connectivity index (χ1n) is 9.88. The van der Waals surface area contributed by atoms with Crippen LogP contribution in [-0.2, 0) is 16.0 Å². The van der Waals surface area contributed by atoms with Gasteiger partial charge in [-0.15, -0.1) is 0 Å². The molecule has 0 bridgehead atoms. The molecule has 0 saturated carbocycles. The summed E-state index contributed by atoms with van der Waals surface area (Å²) in [6.45, 7) is 5.50. The van der Waals surface area contributed by atoms with Gasteiger partial charge in [0.25, 0.3) is 6.43 Å². The standard InChI is InChI=1S/C20H31F2N3O3/c1-2-23-20(24-9-5-10-26-14-18-8-4-11-27-18)25-13-16-6-3-7-17(12-16)28-15-19(21)22/h3,6-7,12,18-19H,2,4-5,8-11,13-15H2,1H3,(H2,23,24,25). The Balaban J connectivity index is 1.69. The van der Waals surface area contributed by atoms with Crippen molar-refractivity contribution in [1.82, 2.24) is 10.6 Å². The van der Waals surface area contributed by atoms with Crippen LogP contribution in [0.4, 0.5) is 8.78 Å². The lowest BCUT2D eigenvalue weighted by molar-refractivity contribution is 0.0168. The smallest absolute Gasteiger partial charge is 0.272 e. The van der Waals surface area contributed by atoms with E-state index in [-0.39, 0.29) is 6.10 Å². The van der Waals surface area contributed by atoms with Crippen LogP contribution >= 0.6 is 0 Å². The predicted molar refractivity (Wildman–Crippen MR) is 105 cm³/mol. The first-order valence-corrected chi connectivity index (χ1v) is 9.88. The average Bonchev–Trinajstić information content (AvgIpc) is 3.21. The third-order valence-electron chi connectivity index (χ3n) is 4.12. The van der Waals surface area contributed by atoms with Crippen LogP contribution in [0.15, 0.2) is 29.3 Å². The van der Waals surface area contributed by atoms with E-state index in [0.717, 1.165) is 44.5 Å². The fourth-order valence-electron chi connectivity index (χ4n) is 2.78. The van der Waals surface area contributed by atoms with Crippen LogP contribution in [0, 0.1) is 0 Å². The Bertz CT molecular complexity index is 582. The van der Waals surface area contributed by atoms with E-state index >= 15 is 0 Å². The summed E-state index contributed by atoms with van der Waals surface area (Å²) < 4.78 is 40.7. The molecule has 1 aliphatic heterocycles. The number of hydrogen-bond acceptors (Lipinski definition) is 4. The van der Waals surface area contributed by atoms with E-state index in [0.29, 0.717) is 31.5 Å². The molecule has 158 valence electrons. The minimum absolute atomic E-state index is 0.257. The topological polar surface area (TPSA) is 64.1 Å². The van der Waals surface area contributed by atoms with Gasteiger partial charge in [-0.25, -0.2) is 13.8 Å². The SMILES string of the molecule is CCNC(=NCc1cccc(OCC(F)F)c1)NCCCOCC1CCCO1. The first-order chi connectivity index (χ1) is 13.7. The van der Waals surface area contributed by atoms with Crippen molar-refractivity contribution in [1.29, 1.82) is 0 Å². The van der Waals surface area contributed by atoms with E-state index in [9.17, 15) is 8.78 Å². The molecule has 1 aliphatic rings. The number of rotatable bonds is 12. The van der Waals surface area contributed by atoms with Gasteiger partial charge in [0, 0.05) is 26.3 Å². The Labute approximate surface area is 165 Å². The molecule has 28 heavy (non-hydrogen) atoms. The molecule has 1 fully saturated rings. The highest BCUT2D eigenvalue weighted by Crippen LogP contribution is 2.15. The van der Waals surface area contributed by atoms with Crippen LogP contribution < -0.4 is 15.4 Å². The summed E-state index contributed by atoms with van der Waals surface area (Å²) in [7, 11) is 0. The van der Waals surface area contributed by atoms with E-state index in [1.807, 2.05) is 13.0 Å². The van der Waals surface area contributed by atoms with Crippen molar-refractivity contribution in [2.24, 2.45) is 4.99 Å². The van der Waals surface area contributed by atoms with E-state index in [2.05, 4.69) is 15.6 Å². The lowest BCUT2D eigenvalue weighted by atomic mass is 10.2. The van der Waals surface area contributed by atoms with Crippen LogP contribution in [0.1, 0.15) is 31.7 Å². The van der Waals surface area contributed by atoms with Gasteiger partial charge in [0.1, 0.15) is 12.4 Å². The number of alkyl halides is 2. The Morgan fingerprint density at radius 1 is 1.36 bits per heavy atom. The number of nitrogens with zero attached hydrogens (tertiary/aromatic N) is 1. The summed E-state index contributed by atoms with van der Waals surface area (Å²) in [5, 5.41) is 6.46. The molecule has 1 unspecified atom stereocenters. The van der Waals surface area contributed by atoms with Gasteiger partial charge in [-0.2, -0.15) is 0 Å². The second-order valence-electron chi connectivity index (χ2n) is 6.53. The van der Waals surface area contributed by atoms with Crippen molar-refractivity contribution in [3.05, 3.63) is 29.8 Å². The Hall–Kier alpha value is -1.93. The molecule has 0 radical (unpaired) electrons. The number of halogens is 2. The van der Waals surface area contributed by atoms with E-state index in [4.69, 9.17) is 14.2 Å². The second-order valence-corrected chi connectivity index (χ2v) is 6.53. The zero-order valence-corrected chi connectivity index (χ0v) is 16.5. The molecule has 8 heteroatoms. The Morgan fingerprint density at radius 2 is 2.25 bits per heavy atom. The maximum atomic E-state index is 12.3. The fraction of sp³-hybridized carbons (Fsp3) is 0.650. The highest BCUT2D eigenvalue weighted by atomic mass is 19.3. The van der Waals surface area contributed by atoms with Gasteiger partial charge in [-0.05, 0) is 43.9 Å². The van der Waals surface area contributed by atoms with Gasteiger partial charge in [-0.3, -0.25) is 0 Å². The lowest BCUT2D eigenvalue weighted by Gasteiger charge is -2.13. The summed E-state index contributed by atoms with van der Waals surface area (Å²) in [5.41, 5.74) is 0.892. The number of hydrogen-bond donors (Lipinski definition) is 2. The fourth-order valence-corrected chi connectivity index (χ4v) is 2.78. The van der Waals surface area contributed by atoms with Crippen molar-refractivity contribution in [3.63, 3.8) is 0 Å². The number of benzene rings is 1. The van der Waals surface area contributed by atoms with Gasteiger partial charge < -0.3 is 24.8 Å². The number of aliphatic imine (C=N–C) groups is 1. The van der Waals surface area contributed by atoms with Crippen molar-refractivity contribution in [3.8, 4) is 5.75 Å². The molecule has 0 amide bonds. The van der Waals surface area contributed by atoms with Crippen LogP contribution in [0.3, 0.4) is 0 Å². The van der Waals surface area contributed by atoms with Crippen LogP contribution in [0.2, 0.25) is 0 Å². The third kappa shape index (κ3) is 9.32. The van der Waals surface area contributed by atoms with Gasteiger partial charge in [0.05, 0.1) is 19.3 Å². The molecule has 1 atom stereocenters. The van der Waals surface area contributed by atoms with Gasteiger partial charge in [0.2, 0.25) is 0 Å². The van der Waals surface area contributed by atoms with Crippen molar-refractivity contribution in [2.45, 2.75) is 45.3 Å². The molecular formula is C20H31F2N3O3. The molecule has 1 heterocycles. The van der Waals surface area contributed by atoms with E-state index in [1.54, 1.807) is 18.2 Å². The third-order valence-corrected chi connectivity index (χ3v) is 4.12. The van der Waals surface area contributed by atoms with E-state index in [1.165, 1.54) is 0 Å². The van der Waals surface area contributed by atoms with E-state index < -0.39 is 13.0 Å². The Morgan fingerprint density at radius 3 is 3.00 bits per heavy atom. The number of nitrogens with one attached hydrogen (secondary N) is 2. The molecule has 1 saturated heterocycles. The average molecular weight is 399 g/mol. The normalized spacial score (nSPS) is 17.1. The minimum Gasteiger partial charge on any atom is -0.488 e. The molecular weight excluding hydrogens is 368 g/mol. The lowest BCUT2D eigenvalue weighted by Crippen LogP contribution is -2.38. The highest BCUT2D eigenvalue weighted by Gasteiger charge is 2.14. The van der Waals surface area contributed by atoms with Gasteiger partial charge in [-0.1, -0.05) is 12.1 Å². The van der Waals surface area contributed by atoms with Crippen molar-refractivity contribution in [2.75, 3.05) is 39.5 Å². The zero-order chi connectivity index (χ0) is 20.0. The van der Waals surface area contributed by atoms with Crippen LogP contribution in [0.5, 0.6) is 5.75 Å². The minimum atomic E-state index is -2.49. The van der Waals surface area contributed by atoms with Gasteiger partial charge in [0.15, 0.2) is 5.96 Å². The first kappa shape index (κ1) is 22.4. The molecule has 2 N–H and O–H groups in total. The van der Waals surface area contributed by atoms with Gasteiger partial charge >= 0.3 is 0 Å². The van der Waals surface area contributed by atoms with Crippen molar-refractivity contribution < 1.29 is 23.0 Å². The molecule has 0 aliphatic carbocycles. The molecule has 0 aromatic heterocycles. The molecule has 6 nitrogen and oxygen atoms in total. The number of ether oxygens (including phenoxy) is 3. The quantitative estimate of drug-likeness (QED) is 0.321. The second kappa shape index (κ2) is 13.3. The maximum absolute atomic E-state index is 12.3. The molecule has 1 aromatic rings. The summed E-state index contributed by atoms with van der Waals surface area (Å²) >= 11 is 0. The summed E-state index contributed by atoms with van der Waals surface area (Å²) in [6, 6.07) is 7.06. The summed E-state index contributed by atoms with van der Waals surface area (Å²) in [5.74, 6) is 1.13. The van der Waals surface area contributed by atoms with Crippen LogP contribution in [-0.4, -0.2) is 58.0 Å². The molecule has 2 rings (SSSR count). The van der Waals surface area contributed by atoms with Crippen LogP contribution in [0.25, 0.3) is 0 Å². The summed E-state index contributed by atoms with van der Waals surface area (Å²) in [4.78, 5) is 4.53. The summed E-state index contributed by atoms with van der Waals surface area (Å²) in [6.07, 6.45) is 0.852. The highest BCUT2D eigenvalue weighted by molar-refractivity contribution is 5.79. The maximum Gasteiger partial charge on any atom is 0.272 e.